The van der Waals surface area contributed by atoms with Crippen LogP contribution in [0.2, 0.25) is 23.1 Å². The minimum absolute atomic E-state index is 0.667. The van der Waals surface area contributed by atoms with Gasteiger partial charge in [0.2, 0.25) is 0 Å². The molecule has 0 heterocycles. The van der Waals surface area contributed by atoms with Crippen LogP contribution < -0.4 is 0 Å². The molecule has 0 radical (unpaired) electrons. The molecule has 0 saturated carbocycles. The number of hydrogen-bond acceptors (Lipinski definition) is 2. The SMILES string of the molecule is [AlH2][O][AlH2].[CH3][Al]([CH3])[O][Al]([CH3])[CH3]. The molecule has 0 amide bonds. The maximum atomic E-state index is 5.53. The fraction of sp³-hybridized carbons (Fsp3) is 1.00. The minimum Gasteiger partial charge on any atom is -0.647 e. The van der Waals surface area contributed by atoms with E-state index in [1.165, 1.54) is 0 Å². The third-order valence-corrected chi connectivity index (χ3v) is 4.90. The van der Waals surface area contributed by atoms with Gasteiger partial charge in [0.25, 0.3) is 0 Å². The average Bonchev–Trinajstić information content (AvgIpc) is 1.62. The zero-order chi connectivity index (χ0) is 8.57. The van der Waals surface area contributed by atoms with E-state index < -0.39 is 29.0 Å². The average molecular weight is 204 g/mol. The van der Waals surface area contributed by atoms with E-state index in [2.05, 4.69) is 26.0 Å². The van der Waals surface area contributed by atoms with Crippen LogP contribution in [0.4, 0.5) is 0 Å². The van der Waals surface area contributed by atoms with E-state index in [1.54, 1.807) is 0 Å². The summed E-state index contributed by atoms with van der Waals surface area (Å²) in [6.07, 6.45) is 0. The van der Waals surface area contributed by atoms with Gasteiger partial charge in [0.1, 0.15) is 0 Å². The maximum Gasteiger partial charge on any atom is 0.423 e. The first-order valence-corrected chi connectivity index (χ1v) is 10.8. The molecule has 0 N–H and O–H groups in total. The molecule has 0 bridgehead atoms. The molecule has 0 atom stereocenters. The molecule has 0 aromatic rings. The lowest BCUT2D eigenvalue weighted by Gasteiger charge is -2.03. The first-order valence-electron chi connectivity index (χ1n) is 3.60. The summed E-state index contributed by atoms with van der Waals surface area (Å²) in [5, 5.41) is 0. The Morgan fingerprint density at radius 1 is 0.900 bits per heavy atom. The van der Waals surface area contributed by atoms with Crippen molar-refractivity contribution in [3.05, 3.63) is 0 Å². The fourth-order valence-electron chi connectivity index (χ4n) is 0.544. The second kappa shape index (κ2) is 11.0. The normalized spacial score (nSPS) is 7.60. The Morgan fingerprint density at radius 2 is 1.10 bits per heavy atom. The van der Waals surface area contributed by atoms with E-state index in [0.717, 1.165) is 33.2 Å². The Labute approximate surface area is 90.2 Å². The van der Waals surface area contributed by atoms with E-state index in [1.807, 2.05) is 0 Å². The van der Waals surface area contributed by atoms with E-state index in [9.17, 15) is 0 Å². The van der Waals surface area contributed by atoms with E-state index in [-0.39, 0.29) is 0 Å². The summed E-state index contributed by atoms with van der Waals surface area (Å²) in [4.78, 5) is 0. The smallest absolute Gasteiger partial charge is 0.423 e. The highest BCUT2D eigenvalue weighted by Gasteiger charge is 2.09. The second-order valence-electron chi connectivity index (χ2n) is 2.64. The molecule has 0 aromatic carbocycles. The highest BCUT2D eigenvalue weighted by molar-refractivity contribution is 6.63. The molecule has 0 fully saturated rings. The van der Waals surface area contributed by atoms with Gasteiger partial charge in [-0.3, -0.25) is 0 Å². The molecule has 0 unspecified atom stereocenters. The van der Waals surface area contributed by atoms with Crippen LogP contribution in [-0.2, 0) is 5.68 Å². The quantitative estimate of drug-likeness (QED) is 0.570. The predicted octanol–water partition coefficient (Wildman–Crippen LogP) is -0.396. The van der Waals surface area contributed by atoms with Crippen LogP contribution in [0.5, 0.6) is 0 Å². The Balaban J connectivity index is 0. The number of rotatable bonds is 2. The summed E-state index contributed by atoms with van der Waals surface area (Å²) in [5.41, 5.74) is 0. The van der Waals surface area contributed by atoms with Crippen LogP contribution in [-0.4, -0.2) is 62.2 Å². The van der Waals surface area contributed by atoms with Gasteiger partial charge in [0.15, 0.2) is 0 Å². The fourth-order valence-corrected chi connectivity index (χ4v) is 4.90. The van der Waals surface area contributed by atoms with Gasteiger partial charge in [0.05, 0.1) is 0 Å². The second-order valence-corrected chi connectivity index (χ2v) is 11.2. The lowest BCUT2D eigenvalue weighted by Crippen LogP contribution is -2.17. The third kappa shape index (κ3) is 22.5. The molecular weight excluding hydrogens is 188 g/mol. The summed E-state index contributed by atoms with van der Waals surface area (Å²) in [6.45, 7) is 0. The molecule has 2 nitrogen and oxygen atoms in total. The van der Waals surface area contributed by atoms with Crippen LogP contribution >= 0.6 is 0 Å². The Bertz CT molecular complexity index is 53.2. The van der Waals surface area contributed by atoms with Crippen LogP contribution in [0.1, 0.15) is 0 Å². The summed E-state index contributed by atoms with van der Waals surface area (Å²) < 4.78 is 10.1. The van der Waals surface area contributed by atoms with Crippen molar-refractivity contribution in [3.63, 3.8) is 0 Å². The Hall–Kier alpha value is 2.05. The van der Waals surface area contributed by atoms with Gasteiger partial charge in [-0.05, 0) is 0 Å². The third-order valence-electron chi connectivity index (χ3n) is 0.544. The molecular formula is C4H16Al4O2. The highest BCUT2D eigenvalue weighted by atomic mass is 27.3. The van der Waals surface area contributed by atoms with Gasteiger partial charge in [0, 0.05) is 0 Å². The largest absolute Gasteiger partial charge is 0.647 e. The Kier molecular flexibility index (Phi) is 16.1. The molecule has 0 aromatic heterocycles. The summed E-state index contributed by atoms with van der Waals surface area (Å²) in [7, 11) is 0. The molecule has 0 saturated heterocycles. The van der Waals surface area contributed by atoms with E-state index >= 15 is 0 Å². The van der Waals surface area contributed by atoms with Crippen molar-refractivity contribution in [1.82, 2.24) is 0 Å². The van der Waals surface area contributed by atoms with Crippen LogP contribution in [0.3, 0.4) is 0 Å². The molecule has 56 valence electrons. The van der Waals surface area contributed by atoms with Gasteiger partial charge in [-0.1, -0.05) is 23.1 Å². The predicted molar refractivity (Wildman–Crippen MR) is 54.2 cm³/mol. The molecule has 0 spiro atoms. The van der Waals surface area contributed by atoms with Crippen molar-refractivity contribution in [2.75, 3.05) is 0 Å². The topological polar surface area (TPSA) is 18.5 Å². The van der Waals surface area contributed by atoms with E-state index in [0.29, 0.717) is 0 Å². The van der Waals surface area contributed by atoms with Gasteiger partial charge in [-0.25, -0.2) is 0 Å². The van der Waals surface area contributed by atoms with Gasteiger partial charge < -0.3 is 5.68 Å². The minimum atomic E-state index is -0.667. The molecule has 0 aliphatic heterocycles. The zero-order valence-corrected chi connectivity index (χ0v) is 14.3. The van der Waals surface area contributed by atoms with Crippen molar-refractivity contribution < 1.29 is 5.68 Å². The molecule has 0 aliphatic carbocycles. The van der Waals surface area contributed by atoms with Gasteiger partial charge in [-0.2, -0.15) is 0 Å². The molecule has 6 heteroatoms. The summed E-state index contributed by atoms with van der Waals surface area (Å²) >= 11 is 0.528. The summed E-state index contributed by atoms with van der Waals surface area (Å²) in [6, 6.07) is 0. The first-order chi connectivity index (χ1) is 4.54. The van der Waals surface area contributed by atoms with Gasteiger partial charge in [-0.15, -0.1) is 0 Å². The maximum absolute atomic E-state index is 5.53. The number of hydrogen-bond donors (Lipinski definition) is 0. The van der Waals surface area contributed by atoms with Crippen LogP contribution in [0.25, 0.3) is 0 Å². The highest BCUT2D eigenvalue weighted by Crippen LogP contribution is 1.87. The van der Waals surface area contributed by atoms with Gasteiger partial charge >= 0.3 is 62.2 Å². The van der Waals surface area contributed by atoms with Crippen molar-refractivity contribution in [3.8, 4) is 0 Å². The van der Waals surface area contributed by atoms with Crippen molar-refractivity contribution in [1.29, 1.82) is 0 Å². The standard InChI is InChI=1S/4CH3.4Al.2O.4H/h4*1H3;;;;;;;;;;. The molecule has 10 heavy (non-hydrogen) atoms. The van der Waals surface area contributed by atoms with Crippen LogP contribution in [0, 0.1) is 0 Å². The summed E-state index contributed by atoms with van der Waals surface area (Å²) in [5.74, 6) is 8.86. The Morgan fingerprint density at radius 3 is 1.10 bits per heavy atom. The lowest BCUT2D eigenvalue weighted by atomic mass is 11.9. The van der Waals surface area contributed by atoms with Crippen LogP contribution in [0.15, 0.2) is 0 Å². The van der Waals surface area contributed by atoms with E-state index in [4.69, 9.17) is 2.84 Å². The lowest BCUT2D eigenvalue weighted by molar-refractivity contribution is 0.608. The first kappa shape index (κ1) is 14.6. The monoisotopic (exact) mass is 204 g/mol. The van der Waals surface area contributed by atoms with Crippen molar-refractivity contribution in [2.24, 2.45) is 0 Å². The van der Waals surface area contributed by atoms with Crippen molar-refractivity contribution in [2.45, 2.75) is 23.1 Å². The molecule has 0 rings (SSSR count). The van der Waals surface area contributed by atoms with Crippen molar-refractivity contribution >= 4 is 62.2 Å². The zero-order valence-electron chi connectivity index (χ0n) is 7.97. The molecule has 0 aliphatic rings.